The summed E-state index contributed by atoms with van der Waals surface area (Å²) in [4.78, 5) is 0. The number of allylic oxidation sites excluding steroid dienone is 4. The predicted molar refractivity (Wildman–Crippen MR) is 134 cm³/mol. The number of nitrogen functional groups attached to an aromatic ring is 1. The Hall–Kier alpha value is -3.23. The lowest BCUT2D eigenvalue weighted by Gasteiger charge is -2.26. The molecular formula is C28H24ClNO. The summed E-state index contributed by atoms with van der Waals surface area (Å²) < 4.78 is 0. The Balaban J connectivity index is 0.00000204. The van der Waals surface area contributed by atoms with Crippen LogP contribution in [0, 0.1) is 0 Å². The molecule has 0 fully saturated rings. The third-order valence-corrected chi connectivity index (χ3v) is 6.76. The lowest BCUT2D eigenvalue weighted by Crippen LogP contribution is -2.08. The molecule has 0 radical (unpaired) electrons. The molecule has 2 aliphatic rings. The summed E-state index contributed by atoms with van der Waals surface area (Å²) in [7, 11) is 0. The van der Waals surface area contributed by atoms with Gasteiger partial charge in [0.2, 0.25) is 0 Å². The van der Waals surface area contributed by atoms with Gasteiger partial charge in [-0.25, -0.2) is 0 Å². The monoisotopic (exact) mass is 425 g/mol. The van der Waals surface area contributed by atoms with Gasteiger partial charge < -0.3 is 10.8 Å². The minimum absolute atomic E-state index is 0. The minimum atomic E-state index is 0. The molecule has 0 atom stereocenters. The van der Waals surface area contributed by atoms with E-state index in [4.69, 9.17) is 5.73 Å². The number of fused-ring (bicyclic) bond motifs is 5. The van der Waals surface area contributed by atoms with Crippen molar-refractivity contribution in [1.29, 1.82) is 0 Å². The van der Waals surface area contributed by atoms with Gasteiger partial charge in [-0.15, -0.1) is 12.4 Å². The number of nitrogens with two attached hydrogens (primary N) is 1. The maximum absolute atomic E-state index is 11.1. The second kappa shape index (κ2) is 7.47. The van der Waals surface area contributed by atoms with Crippen molar-refractivity contribution >= 4 is 45.2 Å². The topological polar surface area (TPSA) is 46.2 Å². The predicted octanol–water partition coefficient (Wildman–Crippen LogP) is 7.42. The van der Waals surface area contributed by atoms with Crippen LogP contribution in [0.1, 0.15) is 30.4 Å². The maximum Gasteiger partial charge on any atom is 0.131 e. The number of aryl methyl sites for hydroxylation is 1. The van der Waals surface area contributed by atoms with Crippen molar-refractivity contribution in [2.75, 3.05) is 5.73 Å². The first-order chi connectivity index (χ1) is 14.7. The van der Waals surface area contributed by atoms with E-state index in [2.05, 4.69) is 30.4 Å². The molecule has 0 unspecified atom stereocenters. The first-order valence-electron chi connectivity index (χ1n) is 10.7. The normalized spacial score (nSPS) is 15.0. The van der Waals surface area contributed by atoms with E-state index in [1.54, 1.807) is 5.57 Å². The molecule has 154 valence electrons. The van der Waals surface area contributed by atoms with Crippen molar-refractivity contribution in [1.82, 2.24) is 0 Å². The second-order valence-electron chi connectivity index (χ2n) is 8.36. The number of benzene rings is 4. The first-order valence-corrected chi connectivity index (χ1v) is 10.7. The van der Waals surface area contributed by atoms with Gasteiger partial charge >= 0.3 is 0 Å². The molecule has 2 aliphatic carbocycles. The van der Waals surface area contributed by atoms with Gasteiger partial charge in [0.25, 0.3) is 0 Å². The molecule has 0 amide bonds. The van der Waals surface area contributed by atoms with Gasteiger partial charge in [-0.05, 0) is 70.9 Å². The number of halogens is 1. The zero-order valence-corrected chi connectivity index (χ0v) is 18.0. The van der Waals surface area contributed by atoms with Gasteiger partial charge in [0.15, 0.2) is 0 Å². The number of hydrogen-bond donors (Lipinski definition) is 2. The van der Waals surface area contributed by atoms with Crippen LogP contribution < -0.4 is 5.73 Å². The highest BCUT2D eigenvalue weighted by Crippen LogP contribution is 2.45. The van der Waals surface area contributed by atoms with Crippen molar-refractivity contribution in [3.8, 4) is 16.9 Å². The SMILES string of the molecule is Cl.Nc1ccc(-c2ccc3ccccc3c2O)c2ccc3c(c12)CCC1=C3C=CCC1. The Kier molecular flexibility index (Phi) is 4.75. The number of anilines is 1. The highest BCUT2D eigenvalue weighted by molar-refractivity contribution is 6.09. The van der Waals surface area contributed by atoms with Crippen LogP contribution in [0.2, 0.25) is 0 Å². The minimum Gasteiger partial charge on any atom is -0.507 e. The first kappa shape index (κ1) is 19.7. The molecular weight excluding hydrogens is 402 g/mol. The zero-order chi connectivity index (χ0) is 20.2. The molecule has 0 bridgehead atoms. The largest absolute Gasteiger partial charge is 0.507 e. The zero-order valence-electron chi connectivity index (χ0n) is 17.2. The number of hydrogen-bond acceptors (Lipinski definition) is 2. The summed E-state index contributed by atoms with van der Waals surface area (Å²) in [5.41, 5.74) is 14.9. The van der Waals surface area contributed by atoms with Crippen molar-refractivity contribution in [2.45, 2.75) is 25.7 Å². The average Bonchev–Trinajstić information content (AvgIpc) is 2.79. The lowest BCUT2D eigenvalue weighted by molar-refractivity contribution is 0.483. The summed E-state index contributed by atoms with van der Waals surface area (Å²) in [5.74, 6) is 0.331. The highest BCUT2D eigenvalue weighted by Gasteiger charge is 2.23. The Morgan fingerprint density at radius 3 is 2.45 bits per heavy atom. The summed E-state index contributed by atoms with van der Waals surface area (Å²) >= 11 is 0. The molecule has 0 heterocycles. The van der Waals surface area contributed by atoms with Gasteiger partial charge in [0.1, 0.15) is 5.75 Å². The van der Waals surface area contributed by atoms with Crippen molar-refractivity contribution in [3.05, 3.63) is 89.5 Å². The van der Waals surface area contributed by atoms with E-state index < -0.39 is 0 Å². The van der Waals surface area contributed by atoms with Gasteiger partial charge in [-0.1, -0.05) is 66.3 Å². The molecule has 0 saturated heterocycles. The van der Waals surface area contributed by atoms with Gasteiger partial charge in [-0.2, -0.15) is 0 Å². The summed E-state index contributed by atoms with van der Waals surface area (Å²) in [5, 5.41) is 15.2. The van der Waals surface area contributed by atoms with Crippen LogP contribution in [-0.2, 0) is 6.42 Å². The molecule has 0 spiro atoms. The van der Waals surface area contributed by atoms with E-state index in [9.17, 15) is 5.11 Å². The fraction of sp³-hybridized carbons (Fsp3) is 0.143. The highest BCUT2D eigenvalue weighted by atomic mass is 35.5. The van der Waals surface area contributed by atoms with E-state index in [1.807, 2.05) is 42.5 Å². The molecule has 3 heteroatoms. The summed E-state index contributed by atoms with van der Waals surface area (Å²) in [6.45, 7) is 0. The molecule has 6 rings (SSSR count). The molecule has 3 N–H and O–H groups in total. The Bertz CT molecular complexity index is 1410. The molecule has 2 nitrogen and oxygen atoms in total. The molecule has 4 aromatic rings. The quantitative estimate of drug-likeness (QED) is 0.311. The molecule has 0 aromatic heterocycles. The fourth-order valence-electron chi connectivity index (χ4n) is 5.29. The Morgan fingerprint density at radius 2 is 1.55 bits per heavy atom. The van der Waals surface area contributed by atoms with E-state index in [0.29, 0.717) is 5.75 Å². The van der Waals surface area contributed by atoms with Gasteiger partial charge in [0.05, 0.1) is 0 Å². The Labute approximate surface area is 188 Å². The van der Waals surface area contributed by atoms with Crippen LogP contribution in [0.4, 0.5) is 5.69 Å². The van der Waals surface area contributed by atoms with Gasteiger partial charge in [-0.3, -0.25) is 0 Å². The number of rotatable bonds is 1. The van der Waals surface area contributed by atoms with Crippen LogP contribution in [0.15, 0.2) is 78.4 Å². The van der Waals surface area contributed by atoms with Crippen molar-refractivity contribution < 1.29 is 5.11 Å². The molecule has 0 aliphatic heterocycles. The number of phenols is 1. The van der Waals surface area contributed by atoms with Crippen LogP contribution in [-0.4, -0.2) is 5.11 Å². The molecule has 0 saturated carbocycles. The lowest BCUT2D eigenvalue weighted by atomic mass is 9.78. The maximum atomic E-state index is 11.1. The van der Waals surface area contributed by atoms with E-state index in [-0.39, 0.29) is 12.4 Å². The standard InChI is InChI=1S/C28H23NO.ClH/c29-26-16-15-22(25-12-10-18-6-2-4-8-20(18)28(25)30)24-14-13-21-19-7-3-1-5-17(19)9-11-23(21)27(24)26;/h2-4,6-8,10,12-16,30H,1,5,9,11,29H2;1H. The average molecular weight is 426 g/mol. The van der Waals surface area contributed by atoms with E-state index in [0.717, 1.165) is 57.6 Å². The van der Waals surface area contributed by atoms with Crippen LogP contribution in [0.5, 0.6) is 5.75 Å². The van der Waals surface area contributed by atoms with Crippen LogP contribution in [0.25, 0.3) is 38.2 Å². The molecule has 31 heavy (non-hydrogen) atoms. The van der Waals surface area contributed by atoms with E-state index in [1.165, 1.54) is 23.1 Å². The van der Waals surface area contributed by atoms with Crippen LogP contribution in [0.3, 0.4) is 0 Å². The fourth-order valence-corrected chi connectivity index (χ4v) is 5.29. The molecule has 4 aromatic carbocycles. The number of aromatic hydroxyl groups is 1. The second-order valence-corrected chi connectivity index (χ2v) is 8.36. The van der Waals surface area contributed by atoms with Crippen molar-refractivity contribution in [3.63, 3.8) is 0 Å². The summed E-state index contributed by atoms with van der Waals surface area (Å²) in [6.07, 6.45) is 9.02. The van der Waals surface area contributed by atoms with Crippen molar-refractivity contribution in [2.24, 2.45) is 0 Å². The third-order valence-electron chi connectivity index (χ3n) is 6.76. The smallest absolute Gasteiger partial charge is 0.131 e. The third kappa shape index (κ3) is 2.94. The van der Waals surface area contributed by atoms with E-state index >= 15 is 0 Å². The van der Waals surface area contributed by atoms with Gasteiger partial charge in [0, 0.05) is 22.0 Å². The Morgan fingerprint density at radius 1 is 0.742 bits per heavy atom. The number of phenolic OH excluding ortho intramolecular Hbond substituents is 1. The summed E-state index contributed by atoms with van der Waals surface area (Å²) in [6, 6.07) is 20.5. The van der Waals surface area contributed by atoms with Crippen LogP contribution >= 0.6 is 12.4 Å².